The van der Waals surface area contributed by atoms with Gasteiger partial charge >= 0.3 is 0 Å². The average molecular weight is 318 g/mol. The van der Waals surface area contributed by atoms with Crippen LogP contribution in [0.2, 0.25) is 0 Å². The molecular weight excluding hydrogens is 288 g/mol. The number of rotatable bonds is 7. The highest BCUT2D eigenvalue weighted by molar-refractivity contribution is 7.86. The lowest BCUT2D eigenvalue weighted by Crippen LogP contribution is -2.55. The Balaban J connectivity index is 1.82. The highest BCUT2D eigenvalue weighted by Gasteiger charge is 2.36. The Morgan fingerprint density at radius 1 is 1.29 bits per heavy atom. The van der Waals surface area contributed by atoms with E-state index in [1.54, 1.807) is 11.4 Å². The number of nitrogens with zero attached hydrogens (tertiary/aromatic N) is 3. The van der Waals surface area contributed by atoms with Gasteiger partial charge in [0, 0.05) is 45.3 Å². The molecule has 0 aliphatic carbocycles. The van der Waals surface area contributed by atoms with Crippen LogP contribution in [-0.2, 0) is 10.2 Å². The first-order chi connectivity index (χ1) is 9.91. The van der Waals surface area contributed by atoms with Gasteiger partial charge in [-0.1, -0.05) is 13.8 Å². The van der Waals surface area contributed by atoms with Gasteiger partial charge in [0.2, 0.25) is 0 Å². The third kappa shape index (κ3) is 4.39. The van der Waals surface area contributed by atoms with Crippen molar-refractivity contribution >= 4 is 10.2 Å². The van der Waals surface area contributed by atoms with Gasteiger partial charge < -0.3 is 5.32 Å². The van der Waals surface area contributed by atoms with Crippen molar-refractivity contribution in [2.75, 3.05) is 46.3 Å². The summed E-state index contributed by atoms with van der Waals surface area (Å²) >= 11 is 0. The molecule has 0 amide bonds. The Hall–Kier alpha value is -0.210. The minimum absolute atomic E-state index is 0.435. The molecule has 1 unspecified atom stereocenters. The second kappa shape index (κ2) is 7.37. The smallest absolute Gasteiger partial charge is 0.281 e. The second-order valence-electron chi connectivity index (χ2n) is 6.48. The highest BCUT2D eigenvalue weighted by Crippen LogP contribution is 2.23. The maximum Gasteiger partial charge on any atom is 0.281 e. The summed E-state index contributed by atoms with van der Waals surface area (Å²) in [5, 5.41) is 3.32. The molecule has 124 valence electrons. The molecule has 2 aliphatic heterocycles. The van der Waals surface area contributed by atoms with E-state index in [-0.39, 0.29) is 0 Å². The van der Waals surface area contributed by atoms with Crippen molar-refractivity contribution in [3.63, 3.8) is 0 Å². The van der Waals surface area contributed by atoms with Gasteiger partial charge in [0.05, 0.1) is 0 Å². The molecule has 0 radical (unpaired) electrons. The fraction of sp³-hybridized carbons (Fsp3) is 1.00. The van der Waals surface area contributed by atoms with Crippen molar-refractivity contribution in [3.05, 3.63) is 0 Å². The number of fused-ring (bicyclic) bond motifs is 1. The Morgan fingerprint density at radius 2 is 2.05 bits per heavy atom. The maximum atomic E-state index is 12.6. The van der Waals surface area contributed by atoms with Crippen LogP contribution in [0.15, 0.2) is 0 Å². The zero-order chi connectivity index (χ0) is 15.5. The summed E-state index contributed by atoms with van der Waals surface area (Å²) in [6.07, 6.45) is 3.18. The molecule has 0 aromatic heterocycles. The summed E-state index contributed by atoms with van der Waals surface area (Å²) in [6, 6.07) is 0.881. The van der Waals surface area contributed by atoms with Gasteiger partial charge in [-0.25, -0.2) is 0 Å². The Morgan fingerprint density at radius 3 is 2.76 bits per heavy atom. The van der Waals surface area contributed by atoms with Gasteiger partial charge in [0.25, 0.3) is 10.2 Å². The molecule has 2 heterocycles. The van der Waals surface area contributed by atoms with Crippen LogP contribution in [0, 0.1) is 0 Å². The molecule has 0 bridgehead atoms. The van der Waals surface area contributed by atoms with Crippen LogP contribution in [0.4, 0.5) is 0 Å². The molecule has 0 saturated carbocycles. The number of hydrogen-bond acceptors (Lipinski definition) is 4. The predicted octanol–water partition coefficient (Wildman–Crippen LogP) is 0.331. The standard InChI is InChI=1S/C14H30N4O2S/c1-13(2)15-7-5-8-16(3)21(19,20)18-11-10-17-9-4-6-14(17)12-18/h13-15H,4-12H2,1-3H3. The second-order valence-corrected chi connectivity index (χ2v) is 8.52. The summed E-state index contributed by atoms with van der Waals surface area (Å²) in [7, 11) is -1.59. The molecule has 0 aromatic carbocycles. The summed E-state index contributed by atoms with van der Waals surface area (Å²) in [6.45, 7) is 8.94. The topological polar surface area (TPSA) is 55.9 Å². The first-order valence-corrected chi connectivity index (χ1v) is 9.50. The number of piperazine rings is 1. The summed E-state index contributed by atoms with van der Waals surface area (Å²) in [4.78, 5) is 2.43. The van der Waals surface area contributed by atoms with Crippen LogP contribution in [0.1, 0.15) is 33.1 Å². The van der Waals surface area contributed by atoms with Gasteiger partial charge in [0.15, 0.2) is 0 Å². The zero-order valence-corrected chi connectivity index (χ0v) is 14.4. The Labute approximate surface area is 129 Å². The number of hydrogen-bond donors (Lipinski definition) is 1. The monoisotopic (exact) mass is 318 g/mol. The fourth-order valence-corrected chi connectivity index (χ4v) is 4.60. The molecule has 7 heteroatoms. The molecule has 2 fully saturated rings. The van der Waals surface area contributed by atoms with Crippen LogP contribution < -0.4 is 5.32 Å². The van der Waals surface area contributed by atoms with Gasteiger partial charge in [-0.3, -0.25) is 4.90 Å². The quantitative estimate of drug-likeness (QED) is 0.688. The van der Waals surface area contributed by atoms with Gasteiger partial charge in [-0.05, 0) is 32.4 Å². The predicted molar refractivity (Wildman–Crippen MR) is 85.5 cm³/mol. The average Bonchev–Trinajstić information content (AvgIpc) is 2.90. The van der Waals surface area contributed by atoms with E-state index in [9.17, 15) is 8.42 Å². The van der Waals surface area contributed by atoms with Crippen molar-refractivity contribution in [1.82, 2.24) is 18.8 Å². The van der Waals surface area contributed by atoms with Crippen LogP contribution >= 0.6 is 0 Å². The van der Waals surface area contributed by atoms with Crippen molar-refractivity contribution in [3.8, 4) is 0 Å². The van der Waals surface area contributed by atoms with E-state index < -0.39 is 10.2 Å². The third-order valence-corrected chi connectivity index (χ3v) is 6.43. The van der Waals surface area contributed by atoms with E-state index in [2.05, 4.69) is 24.1 Å². The van der Waals surface area contributed by atoms with E-state index in [1.807, 2.05) is 0 Å². The normalized spacial score (nSPS) is 24.9. The highest BCUT2D eigenvalue weighted by atomic mass is 32.2. The zero-order valence-electron chi connectivity index (χ0n) is 13.6. The summed E-state index contributed by atoms with van der Waals surface area (Å²) < 4.78 is 28.4. The van der Waals surface area contributed by atoms with Gasteiger partial charge in [-0.2, -0.15) is 17.0 Å². The molecule has 21 heavy (non-hydrogen) atoms. The lowest BCUT2D eigenvalue weighted by molar-refractivity contribution is 0.153. The minimum atomic E-state index is -3.29. The van der Waals surface area contributed by atoms with E-state index in [0.29, 0.717) is 31.7 Å². The third-order valence-electron chi connectivity index (χ3n) is 4.47. The van der Waals surface area contributed by atoms with Crippen LogP contribution in [0.5, 0.6) is 0 Å². The van der Waals surface area contributed by atoms with Gasteiger partial charge in [-0.15, -0.1) is 0 Å². The Kier molecular flexibility index (Phi) is 6.02. The van der Waals surface area contributed by atoms with E-state index in [0.717, 1.165) is 32.5 Å². The Bertz CT molecular complexity index is 427. The number of nitrogens with one attached hydrogen (secondary N) is 1. The van der Waals surface area contributed by atoms with Crippen molar-refractivity contribution in [2.24, 2.45) is 0 Å². The lowest BCUT2D eigenvalue weighted by atomic mass is 10.2. The molecule has 0 spiro atoms. The van der Waals surface area contributed by atoms with Crippen molar-refractivity contribution in [1.29, 1.82) is 0 Å². The van der Waals surface area contributed by atoms with Crippen LogP contribution in [0.3, 0.4) is 0 Å². The van der Waals surface area contributed by atoms with Crippen LogP contribution in [-0.4, -0.2) is 80.3 Å². The molecule has 1 N–H and O–H groups in total. The SMILES string of the molecule is CC(C)NCCCN(C)S(=O)(=O)N1CCN2CCCC2C1. The lowest BCUT2D eigenvalue weighted by Gasteiger charge is -2.38. The van der Waals surface area contributed by atoms with Crippen molar-refractivity contribution in [2.45, 2.75) is 45.2 Å². The first-order valence-electron chi connectivity index (χ1n) is 8.10. The van der Waals surface area contributed by atoms with E-state index >= 15 is 0 Å². The van der Waals surface area contributed by atoms with Crippen molar-refractivity contribution < 1.29 is 8.42 Å². The molecule has 2 aliphatic rings. The molecular formula is C14H30N4O2S. The summed E-state index contributed by atoms with van der Waals surface area (Å²) in [5.41, 5.74) is 0. The molecule has 6 nitrogen and oxygen atoms in total. The van der Waals surface area contributed by atoms with E-state index in [4.69, 9.17) is 0 Å². The van der Waals surface area contributed by atoms with E-state index in [1.165, 1.54) is 10.7 Å². The maximum absolute atomic E-state index is 12.6. The van der Waals surface area contributed by atoms with Gasteiger partial charge in [0.1, 0.15) is 0 Å². The minimum Gasteiger partial charge on any atom is -0.314 e. The molecule has 1 atom stereocenters. The molecule has 2 saturated heterocycles. The summed E-state index contributed by atoms with van der Waals surface area (Å²) in [5.74, 6) is 0. The molecule has 0 aromatic rings. The van der Waals surface area contributed by atoms with Crippen LogP contribution in [0.25, 0.3) is 0 Å². The first kappa shape index (κ1) is 17.1. The fourth-order valence-electron chi connectivity index (χ4n) is 3.18. The molecule has 2 rings (SSSR count). The largest absolute Gasteiger partial charge is 0.314 e.